The molecule has 2 saturated heterocycles. The molecule has 70 valence electrons. The average Bonchev–Trinajstić information content (AvgIpc) is 2.77. The Balaban J connectivity index is 2.00. The Morgan fingerprint density at radius 2 is 2.08 bits per heavy atom. The maximum absolute atomic E-state index is 5.54. The highest BCUT2D eigenvalue weighted by Crippen LogP contribution is 2.42. The van der Waals surface area contributed by atoms with Crippen LogP contribution in [0.3, 0.4) is 0 Å². The molecule has 0 N–H and O–H groups in total. The van der Waals surface area contributed by atoms with Gasteiger partial charge in [-0.25, -0.2) is 0 Å². The quantitative estimate of drug-likeness (QED) is 0.637. The Kier molecular flexibility index (Phi) is 1.34. The number of rotatable bonds is 1. The standard InChI is InChI=1S/C9H13N3O/c1-7-10-11-8(13-7)9-2-4-12(6-9)5-3-9/h2-6H2,1H3. The molecular formula is C9H13N3O. The van der Waals surface area contributed by atoms with Crippen molar-refractivity contribution in [1.82, 2.24) is 15.1 Å². The van der Waals surface area contributed by atoms with Gasteiger partial charge in [-0.15, -0.1) is 10.2 Å². The Morgan fingerprint density at radius 3 is 2.54 bits per heavy atom. The van der Waals surface area contributed by atoms with Gasteiger partial charge < -0.3 is 9.32 Å². The fraction of sp³-hybridized carbons (Fsp3) is 0.778. The first kappa shape index (κ1) is 7.50. The first-order chi connectivity index (χ1) is 6.28. The molecule has 0 atom stereocenters. The van der Waals surface area contributed by atoms with Gasteiger partial charge in [-0.2, -0.15) is 0 Å². The number of hydrogen-bond donors (Lipinski definition) is 0. The average molecular weight is 179 g/mol. The summed E-state index contributed by atoms with van der Waals surface area (Å²) in [7, 11) is 0. The van der Waals surface area contributed by atoms with Crippen molar-refractivity contribution >= 4 is 0 Å². The molecule has 0 unspecified atom stereocenters. The first-order valence-corrected chi connectivity index (χ1v) is 4.81. The molecule has 0 amide bonds. The zero-order valence-corrected chi connectivity index (χ0v) is 7.79. The molecule has 2 fully saturated rings. The molecule has 2 bridgehead atoms. The van der Waals surface area contributed by atoms with E-state index in [1.807, 2.05) is 6.92 Å². The van der Waals surface area contributed by atoms with Crippen LogP contribution in [0.2, 0.25) is 0 Å². The molecule has 4 nitrogen and oxygen atoms in total. The van der Waals surface area contributed by atoms with Crippen molar-refractivity contribution in [2.24, 2.45) is 0 Å². The van der Waals surface area contributed by atoms with Gasteiger partial charge in [0.25, 0.3) is 0 Å². The molecule has 1 aromatic rings. The molecule has 0 aromatic carbocycles. The van der Waals surface area contributed by atoms with E-state index in [4.69, 9.17) is 4.42 Å². The molecule has 1 aromatic heterocycles. The van der Waals surface area contributed by atoms with Crippen LogP contribution in [0, 0.1) is 6.92 Å². The summed E-state index contributed by atoms with van der Waals surface area (Å²) in [6.07, 6.45) is 2.38. The maximum atomic E-state index is 5.54. The summed E-state index contributed by atoms with van der Waals surface area (Å²) < 4.78 is 5.54. The van der Waals surface area contributed by atoms with E-state index < -0.39 is 0 Å². The first-order valence-electron chi connectivity index (χ1n) is 4.81. The summed E-state index contributed by atoms with van der Waals surface area (Å²) in [5.41, 5.74) is 0.210. The van der Waals surface area contributed by atoms with Gasteiger partial charge in [0.05, 0.1) is 5.41 Å². The molecule has 0 radical (unpaired) electrons. The Labute approximate surface area is 76.9 Å². The van der Waals surface area contributed by atoms with Gasteiger partial charge in [-0.1, -0.05) is 0 Å². The fourth-order valence-electron chi connectivity index (χ4n) is 2.52. The van der Waals surface area contributed by atoms with Crippen molar-refractivity contribution in [3.05, 3.63) is 11.8 Å². The number of piperidine rings is 1. The van der Waals surface area contributed by atoms with Crippen molar-refractivity contribution < 1.29 is 4.42 Å². The third-order valence-corrected chi connectivity index (χ3v) is 3.32. The highest BCUT2D eigenvalue weighted by atomic mass is 16.4. The normalized spacial score (nSPS) is 37.2. The van der Waals surface area contributed by atoms with Gasteiger partial charge >= 0.3 is 0 Å². The lowest BCUT2D eigenvalue weighted by atomic mass is 9.85. The summed E-state index contributed by atoms with van der Waals surface area (Å²) in [5, 5.41) is 8.06. The van der Waals surface area contributed by atoms with Crippen LogP contribution in [-0.2, 0) is 5.41 Å². The molecule has 2 aliphatic rings. The van der Waals surface area contributed by atoms with Gasteiger partial charge in [0, 0.05) is 13.5 Å². The second-order valence-electron chi connectivity index (χ2n) is 4.18. The van der Waals surface area contributed by atoms with E-state index in [0.717, 1.165) is 12.4 Å². The van der Waals surface area contributed by atoms with Crippen LogP contribution in [0.1, 0.15) is 24.6 Å². The van der Waals surface area contributed by atoms with Crippen molar-refractivity contribution in [3.63, 3.8) is 0 Å². The predicted molar refractivity (Wildman–Crippen MR) is 46.4 cm³/mol. The summed E-state index contributed by atoms with van der Waals surface area (Å²) in [6, 6.07) is 0. The van der Waals surface area contributed by atoms with Gasteiger partial charge in [0.1, 0.15) is 0 Å². The Bertz CT molecular complexity index is 325. The highest BCUT2D eigenvalue weighted by molar-refractivity contribution is 5.13. The number of nitrogens with zero attached hydrogens (tertiary/aromatic N) is 3. The van der Waals surface area contributed by atoms with Gasteiger partial charge in [0.15, 0.2) is 0 Å². The van der Waals surface area contributed by atoms with Gasteiger partial charge in [0.2, 0.25) is 11.8 Å². The second-order valence-corrected chi connectivity index (χ2v) is 4.18. The van der Waals surface area contributed by atoms with Crippen LogP contribution in [-0.4, -0.2) is 34.7 Å². The zero-order valence-electron chi connectivity index (χ0n) is 7.79. The summed E-state index contributed by atoms with van der Waals surface area (Å²) in [5.74, 6) is 1.56. The molecule has 3 rings (SSSR count). The van der Waals surface area contributed by atoms with E-state index in [9.17, 15) is 0 Å². The lowest BCUT2D eigenvalue weighted by molar-refractivity contribution is 0.329. The highest BCUT2D eigenvalue weighted by Gasteiger charge is 2.48. The van der Waals surface area contributed by atoms with Crippen LogP contribution in [0.5, 0.6) is 0 Å². The van der Waals surface area contributed by atoms with Crippen LogP contribution in [0.15, 0.2) is 4.42 Å². The lowest BCUT2D eigenvalue weighted by Gasteiger charge is -2.19. The zero-order chi connectivity index (χ0) is 8.89. The van der Waals surface area contributed by atoms with Crippen molar-refractivity contribution in [2.75, 3.05) is 19.6 Å². The summed E-state index contributed by atoms with van der Waals surface area (Å²) >= 11 is 0. The van der Waals surface area contributed by atoms with E-state index in [2.05, 4.69) is 15.1 Å². The molecule has 2 aliphatic heterocycles. The van der Waals surface area contributed by atoms with Crippen molar-refractivity contribution in [1.29, 1.82) is 0 Å². The third kappa shape index (κ3) is 0.950. The topological polar surface area (TPSA) is 42.2 Å². The van der Waals surface area contributed by atoms with E-state index in [0.29, 0.717) is 5.89 Å². The number of aromatic nitrogens is 2. The molecular weight excluding hydrogens is 166 g/mol. The molecule has 0 saturated carbocycles. The van der Waals surface area contributed by atoms with Gasteiger partial charge in [-0.3, -0.25) is 0 Å². The minimum absolute atomic E-state index is 0.210. The SMILES string of the molecule is Cc1nnc(C23CCN(CC2)C3)o1. The predicted octanol–water partition coefficient (Wildman–Crippen LogP) is 0.725. The lowest BCUT2D eigenvalue weighted by Crippen LogP contribution is -2.24. The largest absolute Gasteiger partial charge is 0.425 e. The Morgan fingerprint density at radius 1 is 1.31 bits per heavy atom. The maximum Gasteiger partial charge on any atom is 0.224 e. The van der Waals surface area contributed by atoms with Crippen LogP contribution in [0.4, 0.5) is 0 Å². The summed E-state index contributed by atoms with van der Waals surface area (Å²) in [4.78, 5) is 2.47. The number of aryl methyl sites for hydroxylation is 1. The van der Waals surface area contributed by atoms with E-state index in [1.165, 1.54) is 25.9 Å². The third-order valence-electron chi connectivity index (χ3n) is 3.32. The second kappa shape index (κ2) is 2.32. The van der Waals surface area contributed by atoms with E-state index in [-0.39, 0.29) is 5.41 Å². The van der Waals surface area contributed by atoms with Crippen LogP contribution >= 0.6 is 0 Å². The van der Waals surface area contributed by atoms with E-state index >= 15 is 0 Å². The van der Waals surface area contributed by atoms with Crippen LogP contribution in [0.25, 0.3) is 0 Å². The minimum Gasteiger partial charge on any atom is -0.425 e. The molecule has 0 aliphatic carbocycles. The Hall–Kier alpha value is -0.900. The van der Waals surface area contributed by atoms with Gasteiger partial charge in [-0.05, 0) is 25.9 Å². The number of fused-ring (bicyclic) bond motifs is 2. The fourth-order valence-corrected chi connectivity index (χ4v) is 2.52. The smallest absolute Gasteiger partial charge is 0.224 e. The van der Waals surface area contributed by atoms with Crippen molar-refractivity contribution in [3.8, 4) is 0 Å². The minimum atomic E-state index is 0.210. The van der Waals surface area contributed by atoms with Crippen LogP contribution < -0.4 is 0 Å². The molecule has 0 spiro atoms. The van der Waals surface area contributed by atoms with E-state index in [1.54, 1.807) is 0 Å². The molecule has 4 heteroatoms. The number of hydrogen-bond acceptors (Lipinski definition) is 4. The molecule has 13 heavy (non-hydrogen) atoms. The molecule has 3 heterocycles. The summed E-state index contributed by atoms with van der Waals surface area (Å²) in [6.45, 7) is 5.37. The van der Waals surface area contributed by atoms with Crippen molar-refractivity contribution in [2.45, 2.75) is 25.2 Å². The monoisotopic (exact) mass is 179 g/mol.